The lowest BCUT2D eigenvalue weighted by molar-refractivity contribution is 0.103. The Hall–Kier alpha value is -1.49. The van der Waals surface area contributed by atoms with Gasteiger partial charge in [0.2, 0.25) is 5.78 Å². The third-order valence-electron chi connectivity index (χ3n) is 1.94. The van der Waals surface area contributed by atoms with Crippen LogP contribution < -0.4 is 0 Å². The molecule has 72 valence electrons. The van der Waals surface area contributed by atoms with Gasteiger partial charge in [0.05, 0.1) is 6.20 Å². The highest BCUT2D eigenvalue weighted by atomic mass is 32.1. The van der Waals surface area contributed by atoms with E-state index in [9.17, 15) is 4.79 Å². The third kappa shape index (κ3) is 1.46. The van der Waals surface area contributed by atoms with Gasteiger partial charge in [-0.3, -0.25) is 4.79 Å². The van der Waals surface area contributed by atoms with Crippen LogP contribution in [-0.4, -0.2) is 20.8 Å². The fraction of sp³-hybridized carbons (Fsp3) is 0.222. The molecule has 0 aliphatic rings. The van der Waals surface area contributed by atoms with E-state index < -0.39 is 0 Å². The van der Waals surface area contributed by atoms with Crippen molar-refractivity contribution in [3.63, 3.8) is 0 Å². The molecular weight excluding hydrogens is 198 g/mol. The monoisotopic (exact) mass is 207 g/mol. The maximum atomic E-state index is 11.8. The van der Waals surface area contributed by atoms with Crippen molar-refractivity contribution in [2.75, 3.05) is 0 Å². The summed E-state index contributed by atoms with van der Waals surface area (Å²) in [4.78, 5) is 14.2. The summed E-state index contributed by atoms with van der Waals surface area (Å²) < 4.78 is 0. The molecule has 0 aliphatic heterocycles. The van der Waals surface area contributed by atoms with Crippen LogP contribution in [0.2, 0.25) is 0 Å². The Labute approximate surface area is 85.2 Å². The van der Waals surface area contributed by atoms with Crippen molar-refractivity contribution in [1.29, 1.82) is 0 Å². The number of carbonyl (C=O) groups is 1. The zero-order chi connectivity index (χ0) is 10.1. The number of ketones is 1. The molecule has 2 heterocycles. The van der Waals surface area contributed by atoms with Crippen LogP contribution in [0, 0.1) is 6.92 Å². The summed E-state index contributed by atoms with van der Waals surface area (Å²) in [6.45, 7) is 1.92. The second kappa shape index (κ2) is 3.34. The molecule has 0 bridgehead atoms. The summed E-state index contributed by atoms with van der Waals surface area (Å²) in [5.74, 6) is -0.0585. The number of hydrogen-bond acceptors (Lipinski definition) is 4. The van der Waals surface area contributed by atoms with Crippen LogP contribution in [0.1, 0.15) is 20.9 Å². The molecule has 0 saturated heterocycles. The second-order valence-corrected chi connectivity index (χ2v) is 4.06. The smallest absolute Gasteiger partial charge is 0.215 e. The highest BCUT2D eigenvalue weighted by Gasteiger charge is 2.15. The fourth-order valence-electron chi connectivity index (χ4n) is 1.21. The van der Waals surface area contributed by atoms with Gasteiger partial charge >= 0.3 is 0 Å². The Morgan fingerprint density at radius 2 is 2.36 bits per heavy atom. The van der Waals surface area contributed by atoms with Gasteiger partial charge in [0.15, 0.2) is 5.69 Å². The summed E-state index contributed by atoms with van der Waals surface area (Å²) in [6.07, 6.45) is 1.49. The van der Waals surface area contributed by atoms with Gasteiger partial charge in [-0.2, -0.15) is 15.0 Å². The molecule has 0 aliphatic carbocycles. The van der Waals surface area contributed by atoms with Gasteiger partial charge in [-0.05, 0) is 18.4 Å². The highest BCUT2D eigenvalue weighted by Crippen LogP contribution is 2.17. The van der Waals surface area contributed by atoms with Crippen LogP contribution in [0.15, 0.2) is 17.6 Å². The third-order valence-corrected chi connectivity index (χ3v) is 2.78. The van der Waals surface area contributed by atoms with Gasteiger partial charge in [0, 0.05) is 17.5 Å². The van der Waals surface area contributed by atoms with Crippen LogP contribution in [0.25, 0.3) is 0 Å². The Morgan fingerprint density at radius 3 is 2.86 bits per heavy atom. The summed E-state index contributed by atoms with van der Waals surface area (Å²) in [7, 11) is 1.69. The largest absolute Gasteiger partial charge is 0.287 e. The minimum absolute atomic E-state index is 0.0585. The van der Waals surface area contributed by atoms with E-state index in [1.807, 2.05) is 18.4 Å². The van der Waals surface area contributed by atoms with Crippen molar-refractivity contribution in [3.05, 3.63) is 33.8 Å². The van der Waals surface area contributed by atoms with Crippen LogP contribution in [0.3, 0.4) is 0 Å². The first kappa shape index (κ1) is 9.08. The average Bonchev–Trinajstić information content (AvgIpc) is 2.73. The van der Waals surface area contributed by atoms with E-state index in [-0.39, 0.29) is 5.78 Å². The van der Waals surface area contributed by atoms with E-state index in [0.717, 1.165) is 10.4 Å². The molecule has 14 heavy (non-hydrogen) atoms. The zero-order valence-electron chi connectivity index (χ0n) is 7.89. The minimum Gasteiger partial charge on any atom is -0.287 e. The van der Waals surface area contributed by atoms with E-state index in [2.05, 4.69) is 10.2 Å². The van der Waals surface area contributed by atoms with Crippen molar-refractivity contribution >= 4 is 17.1 Å². The average molecular weight is 207 g/mol. The number of aromatic nitrogens is 3. The summed E-state index contributed by atoms with van der Waals surface area (Å²) in [6, 6.07) is 1.82. The van der Waals surface area contributed by atoms with E-state index in [4.69, 9.17) is 0 Å². The molecule has 2 rings (SSSR count). The number of hydrogen-bond donors (Lipinski definition) is 0. The molecule has 0 aromatic carbocycles. The Morgan fingerprint density at radius 1 is 1.57 bits per heavy atom. The fourth-order valence-corrected chi connectivity index (χ4v) is 1.90. The standard InChI is InChI=1S/C9H9N3OS/c1-6-7(3-4-14-6)9(13)8-5-10-12(2)11-8/h3-5H,1-2H3. The van der Waals surface area contributed by atoms with E-state index in [1.54, 1.807) is 18.4 Å². The van der Waals surface area contributed by atoms with Crippen LogP contribution in [-0.2, 0) is 7.05 Å². The number of carbonyl (C=O) groups excluding carboxylic acids is 1. The van der Waals surface area contributed by atoms with Gasteiger partial charge in [0.25, 0.3) is 0 Å². The predicted octanol–water partition coefficient (Wildman–Crippen LogP) is 1.42. The van der Waals surface area contributed by atoms with Gasteiger partial charge in [-0.15, -0.1) is 11.3 Å². The zero-order valence-corrected chi connectivity index (χ0v) is 8.71. The first-order chi connectivity index (χ1) is 6.68. The molecular formula is C9H9N3OS. The number of aryl methyl sites for hydroxylation is 2. The van der Waals surface area contributed by atoms with E-state index in [1.165, 1.54) is 11.0 Å². The van der Waals surface area contributed by atoms with Gasteiger partial charge in [0.1, 0.15) is 0 Å². The lowest BCUT2D eigenvalue weighted by Crippen LogP contribution is -2.03. The molecule has 2 aromatic heterocycles. The van der Waals surface area contributed by atoms with Crippen LogP contribution in [0.4, 0.5) is 0 Å². The maximum absolute atomic E-state index is 11.8. The Balaban J connectivity index is 2.38. The molecule has 4 nitrogen and oxygen atoms in total. The number of nitrogens with zero attached hydrogens (tertiary/aromatic N) is 3. The Bertz CT molecular complexity index is 472. The highest BCUT2D eigenvalue weighted by molar-refractivity contribution is 7.10. The van der Waals surface area contributed by atoms with Crippen molar-refractivity contribution in [1.82, 2.24) is 15.0 Å². The maximum Gasteiger partial charge on any atom is 0.215 e. The first-order valence-electron chi connectivity index (χ1n) is 4.13. The molecule has 0 N–H and O–H groups in total. The molecule has 2 aromatic rings. The first-order valence-corrected chi connectivity index (χ1v) is 5.01. The molecule has 0 radical (unpaired) electrons. The lowest BCUT2D eigenvalue weighted by Gasteiger charge is -1.93. The SMILES string of the molecule is Cc1sccc1C(=O)c1cnn(C)n1. The van der Waals surface area contributed by atoms with E-state index >= 15 is 0 Å². The topological polar surface area (TPSA) is 47.8 Å². The summed E-state index contributed by atoms with van der Waals surface area (Å²) >= 11 is 1.56. The molecule has 0 fully saturated rings. The van der Waals surface area contributed by atoms with Crippen LogP contribution in [0.5, 0.6) is 0 Å². The molecule has 0 saturated carbocycles. The van der Waals surface area contributed by atoms with Gasteiger partial charge < -0.3 is 0 Å². The molecule has 0 unspecified atom stereocenters. The number of rotatable bonds is 2. The molecule has 0 amide bonds. The molecule has 0 atom stereocenters. The van der Waals surface area contributed by atoms with E-state index in [0.29, 0.717) is 5.69 Å². The number of thiophene rings is 1. The van der Waals surface area contributed by atoms with Crippen molar-refractivity contribution in [3.8, 4) is 0 Å². The lowest BCUT2D eigenvalue weighted by atomic mass is 10.1. The second-order valence-electron chi connectivity index (χ2n) is 2.94. The van der Waals surface area contributed by atoms with Gasteiger partial charge in [-0.1, -0.05) is 0 Å². The van der Waals surface area contributed by atoms with Crippen molar-refractivity contribution in [2.24, 2.45) is 7.05 Å². The predicted molar refractivity (Wildman–Crippen MR) is 53.5 cm³/mol. The van der Waals surface area contributed by atoms with Crippen molar-refractivity contribution in [2.45, 2.75) is 6.92 Å². The quantitative estimate of drug-likeness (QED) is 0.700. The summed E-state index contributed by atoms with van der Waals surface area (Å²) in [5.41, 5.74) is 1.12. The summed E-state index contributed by atoms with van der Waals surface area (Å²) in [5, 5.41) is 9.74. The van der Waals surface area contributed by atoms with Gasteiger partial charge in [-0.25, -0.2) is 0 Å². The minimum atomic E-state index is -0.0585. The van der Waals surface area contributed by atoms with Crippen molar-refractivity contribution < 1.29 is 4.79 Å². The normalized spacial score (nSPS) is 10.4. The molecule has 0 spiro atoms. The molecule has 5 heteroatoms. The van der Waals surface area contributed by atoms with Crippen LogP contribution >= 0.6 is 11.3 Å². The Kier molecular flexibility index (Phi) is 2.17.